The van der Waals surface area contributed by atoms with E-state index in [2.05, 4.69) is 10.4 Å². The van der Waals surface area contributed by atoms with Crippen LogP contribution in [0.3, 0.4) is 0 Å². The molecule has 0 unspecified atom stereocenters. The van der Waals surface area contributed by atoms with Gasteiger partial charge in [-0.25, -0.2) is 0 Å². The van der Waals surface area contributed by atoms with Crippen LogP contribution in [0.2, 0.25) is 0 Å². The van der Waals surface area contributed by atoms with Gasteiger partial charge in [-0.3, -0.25) is 14.3 Å². The summed E-state index contributed by atoms with van der Waals surface area (Å²) in [6, 6.07) is 0. The number of carbonyl (C=O) groups is 2. The summed E-state index contributed by atoms with van der Waals surface area (Å²) in [5.74, 6) is -0.531. The van der Waals surface area contributed by atoms with E-state index in [-0.39, 0.29) is 12.5 Å². The van der Waals surface area contributed by atoms with Crippen LogP contribution in [0.1, 0.15) is 10.4 Å². The third kappa shape index (κ3) is 2.82. The van der Waals surface area contributed by atoms with E-state index in [1.165, 1.54) is 17.1 Å². The van der Waals surface area contributed by atoms with Crippen molar-refractivity contribution in [2.75, 3.05) is 26.2 Å². The SMILES string of the molecule is NC(=O)c1cnn(CC(=O)N2CCNCC2)c1. The van der Waals surface area contributed by atoms with Gasteiger partial charge in [-0.1, -0.05) is 0 Å². The molecule has 7 heteroatoms. The summed E-state index contributed by atoms with van der Waals surface area (Å²) in [7, 11) is 0. The molecule has 1 saturated heterocycles. The van der Waals surface area contributed by atoms with Crippen LogP contribution in [-0.2, 0) is 11.3 Å². The highest BCUT2D eigenvalue weighted by Gasteiger charge is 2.17. The van der Waals surface area contributed by atoms with Gasteiger partial charge in [0.05, 0.1) is 11.8 Å². The average Bonchev–Trinajstić information content (AvgIpc) is 2.79. The molecule has 0 saturated carbocycles. The van der Waals surface area contributed by atoms with Crippen molar-refractivity contribution in [3.05, 3.63) is 18.0 Å². The third-order valence-corrected chi connectivity index (χ3v) is 2.68. The molecule has 1 fully saturated rings. The third-order valence-electron chi connectivity index (χ3n) is 2.68. The van der Waals surface area contributed by atoms with E-state index >= 15 is 0 Å². The second-order valence-electron chi connectivity index (χ2n) is 3.92. The van der Waals surface area contributed by atoms with Gasteiger partial charge < -0.3 is 16.0 Å². The second kappa shape index (κ2) is 4.96. The molecule has 0 aliphatic carbocycles. The molecular formula is C10H15N5O2. The van der Waals surface area contributed by atoms with Crippen molar-refractivity contribution in [2.24, 2.45) is 5.73 Å². The molecule has 1 aliphatic rings. The van der Waals surface area contributed by atoms with Gasteiger partial charge in [0.15, 0.2) is 0 Å². The number of rotatable bonds is 3. The molecule has 17 heavy (non-hydrogen) atoms. The zero-order chi connectivity index (χ0) is 12.3. The van der Waals surface area contributed by atoms with E-state index in [9.17, 15) is 9.59 Å². The summed E-state index contributed by atoms with van der Waals surface area (Å²) in [5, 5.41) is 7.10. The van der Waals surface area contributed by atoms with Crippen molar-refractivity contribution in [1.29, 1.82) is 0 Å². The molecule has 7 nitrogen and oxygen atoms in total. The van der Waals surface area contributed by atoms with Gasteiger partial charge >= 0.3 is 0 Å². The van der Waals surface area contributed by atoms with Crippen LogP contribution in [0, 0.1) is 0 Å². The lowest BCUT2D eigenvalue weighted by Gasteiger charge is -2.27. The van der Waals surface area contributed by atoms with Crippen LogP contribution in [0.5, 0.6) is 0 Å². The standard InChI is InChI=1S/C10H15N5O2/c11-10(17)8-5-13-15(6-8)7-9(16)14-3-1-12-2-4-14/h5-6,12H,1-4,7H2,(H2,11,17). The predicted octanol–water partition coefficient (Wildman–Crippen LogP) is -1.59. The molecule has 0 spiro atoms. The fraction of sp³-hybridized carbons (Fsp3) is 0.500. The first-order valence-corrected chi connectivity index (χ1v) is 5.47. The summed E-state index contributed by atoms with van der Waals surface area (Å²) in [6.07, 6.45) is 2.86. The van der Waals surface area contributed by atoms with E-state index in [1.807, 2.05) is 0 Å². The number of nitrogens with zero attached hydrogens (tertiary/aromatic N) is 3. The van der Waals surface area contributed by atoms with E-state index in [4.69, 9.17) is 5.73 Å². The fourth-order valence-electron chi connectivity index (χ4n) is 1.73. The molecule has 2 amide bonds. The molecular weight excluding hydrogens is 222 g/mol. The number of aromatic nitrogens is 2. The zero-order valence-electron chi connectivity index (χ0n) is 9.43. The maximum absolute atomic E-state index is 11.9. The lowest BCUT2D eigenvalue weighted by molar-refractivity contribution is -0.132. The fourth-order valence-corrected chi connectivity index (χ4v) is 1.73. The molecule has 0 atom stereocenters. The maximum atomic E-state index is 11.9. The summed E-state index contributed by atoms with van der Waals surface area (Å²) in [6.45, 7) is 3.20. The normalized spacial score (nSPS) is 15.9. The number of amides is 2. The summed E-state index contributed by atoms with van der Waals surface area (Å²) >= 11 is 0. The monoisotopic (exact) mass is 237 g/mol. The van der Waals surface area contributed by atoms with E-state index in [1.54, 1.807) is 4.90 Å². The minimum atomic E-state index is -0.536. The van der Waals surface area contributed by atoms with Crippen molar-refractivity contribution in [1.82, 2.24) is 20.0 Å². The van der Waals surface area contributed by atoms with Gasteiger partial charge in [0, 0.05) is 32.4 Å². The van der Waals surface area contributed by atoms with Crippen molar-refractivity contribution in [2.45, 2.75) is 6.54 Å². The van der Waals surface area contributed by atoms with Gasteiger partial charge in [0.25, 0.3) is 5.91 Å². The van der Waals surface area contributed by atoms with Crippen LogP contribution in [0.25, 0.3) is 0 Å². The zero-order valence-corrected chi connectivity index (χ0v) is 9.43. The molecule has 0 bridgehead atoms. The first kappa shape index (κ1) is 11.6. The highest BCUT2D eigenvalue weighted by atomic mass is 16.2. The van der Waals surface area contributed by atoms with Crippen molar-refractivity contribution in [3.63, 3.8) is 0 Å². The van der Waals surface area contributed by atoms with Crippen LogP contribution >= 0.6 is 0 Å². The Morgan fingerprint density at radius 2 is 2.12 bits per heavy atom. The summed E-state index contributed by atoms with van der Waals surface area (Å²) < 4.78 is 1.43. The Labute approximate surface area is 98.6 Å². The van der Waals surface area contributed by atoms with E-state index in [0.29, 0.717) is 18.7 Å². The van der Waals surface area contributed by atoms with E-state index in [0.717, 1.165) is 13.1 Å². The number of nitrogens with one attached hydrogen (secondary N) is 1. The van der Waals surface area contributed by atoms with Gasteiger partial charge in [-0.05, 0) is 0 Å². The molecule has 2 rings (SSSR count). The lowest BCUT2D eigenvalue weighted by atomic mass is 10.3. The second-order valence-corrected chi connectivity index (χ2v) is 3.92. The van der Waals surface area contributed by atoms with Crippen molar-refractivity contribution in [3.8, 4) is 0 Å². The number of piperazine rings is 1. The van der Waals surface area contributed by atoms with Crippen LogP contribution in [-0.4, -0.2) is 52.7 Å². The van der Waals surface area contributed by atoms with Crippen molar-refractivity contribution >= 4 is 11.8 Å². The number of hydrogen-bond acceptors (Lipinski definition) is 4. The lowest BCUT2D eigenvalue weighted by Crippen LogP contribution is -2.47. The molecule has 2 heterocycles. The van der Waals surface area contributed by atoms with Gasteiger partial charge in [-0.2, -0.15) is 5.10 Å². The first-order valence-electron chi connectivity index (χ1n) is 5.47. The Morgan fingerprint density at radius 3 is 2.71 bits per heavy atom. The molecule has 0 aromatic carbocycles. The average molecular weight is 237 g/mol. The number of nitrogens with two attached hydrogens (primary N) is 1. The van der Waals surface area contributed by atoms with Crippen molar-refractivity contribution < 1.29 is 9.59 Å². The number of primary amides is 1. The molecule has 1 aliphatic heterocycles. The Hall–Kier alpha value is -1.89. The molecule has 1 aromatic rings. The maximum Gasteiger partial charge on any atom is 0.251 e. The quantitative estimate of drug-likeness (QED) is 0.663. The van der Waals surface area contributed by atoms with E-state index < -0.39 is 5.91 Å². The molecule has 1 aromatic heterocycles. The number of hydrogen-bond donors (Lipinski definition) is 2. The molecule has 3 N–H and O–H groups in total. The first-order chi connectivity index (χ1) is 8.16. The Kier molecular flexibility index (Phi) is 3.38. The van der Waals surface area contributed by atoms with Crippen LogP contribution in [0.15, 0.2) is 12.4 Å². The summed E-state index contributed by atoms with van der Waals surface area (Å²) in [5.41, 5.74) is 5.42. The summed E-state index contributed by atoms with van der Waals surface area (Å²) in [4.78, 5) is 24.5. The van der Waals surface area contributed by atoms with Crippen LogP contribution < -0.4 is 11.1 Å². The Bertz CT molecular complexity index is 422. The Morgan fingerprint density at radius 1 is 1.41 bits per heavy atom. The topological polar surface area (TPSA) is 93.2 Å². The minimum absolute atomic E-state index is 0.00520. The highest BCUT2D eigenvalue weighted by Crippen LogP contribution is 1.99. The van der Waals surface area contributed by atoms with Gasteiger partial charge in [0.1, 0.15) is 6.54 Å². The highest BCUT2D eigenvalue weighted by molar-refractivity contribution is 5.92. The molecule has 92 valence electrons. The molecule has 0 radical (unpaired) electrons. The smallest absolute Gasteiger partial charge is 0.251 e. The Balaban J connectivity index is 1.94. The van der Waals surface area contributed by atoms with Crippen LogP contribution in [0.4, 0.5) is 0 Å². The van der Waals surface area contributed by atoms with Gasteiger partial charge in [-0.15, -0.1) is 0 Å². The minimum Gasteiger partial charge on any atom is -0.366 e. The predicted molar refractivity (Wildman–Crippen MR) is 60.2 cm³/mol. The van der Waals surface area contributed by atoms with Gasteiger partial charge in [0.2, 0.25) is 5.91 Å². The number of carbonyl (C=O) groups excluding carboxylic acids is 2. The largest absolute Gasteiger partial charge is 0.366 e.